The van der Waals surface area contributed by atoms with Gasteiger partial charge in [0, 0.05) is 13.1 Å². The van der Waals surface area contributed by atoms with Crippen LogP contribution < -0.4 is 14.8 Å². The smallest absolute Gasteiger partial charge is 0.127 e. The van der Waals surface area contributed by atoms with E-state index in [0.29, 0.717) is 6.61 Å². The molecule has 29 heavy (non-hydrogen) atoms. The van der Waals surface area contributed by atoms with Crippen molar-refractivity contribution in [1.82, 2.24) is 10.2 Å². The largest absolute Gasteiger partial charge is 0.492 e. The molecule has 1 aliphatic rings. The van der Waals surface area contributed by atoms with Gasteiger partial charge in [-0.25, -0.2) is 0 Å². The Morgan fingerprint density at radius 1 is 0.897 bits per heavy atom. The molecule has 1 unspecified atom stereocenters. The molecule has 0 fully saturated rings. The van der Waals surface area contributed by atoms with Gasteiger partial charge in [-0.05, 0) is 73.6 Å². The van der Waals surface area contributed by atoms with E-state index in [1.54, 1.807) is 0 Å². The highest BCUT2D eigenvalue weighted by molar-refractivity contribution is 5.45. The first kappa shape index (κ1) is 19.5. The molecule has 3 aromatic carbocycles. The highest BCUT2D eigenvalue weighted by Gasteiger charge is 2.21. The molecule has 150 valence electrons. The lowest BCUT2D eigenvalue weighted by molar-refractivity contribution is 0.261. The van der Waals surface area contributed by atoms with Gasteiger partial charge < -0.3 is 19.7 Å². The quantitative estimate of drug-likeness (QED) is 0.639. The molecule has 0 spiro atoms. The number of benzene rings is 3. The van der Waals surface area contributed by atoms with Gasteiger partial charge in [-0.15, -0.1) is 0 Å². The molecule has 0 aromatic heterocycles. The van der Waals surface area contributed by atoms with Gasteiger partial charge in [-0.1, -0.05) is 36.4 Å². The van der Waals surface area contributed by atoms with Crippen LogP contribution >= 0.6 is 0 Å². The van der Waals surface area contributed by atoms with E-state index in [2.05, 4.69) is 54.6 Å². The number of ether oxygens (including phenoxy) is 2. The molecule has 0 saturated heterocycles. The topological polar surface area (TPSA) is 33.7 Å². The standard InChI is InChI=1S/C25H28N2O2/c1-27(2)16-17-28-23-12-13-24-20(18-23)14-15-26-25(24)19-8-10-22(11-9-19)29-21-6-4-3-5-7-21/h3-13,18,25-26H,14-17H2,1-2H3. The molecule has 0 radical (unpaired) electrons. The predicted molar refractivity (Wildman–Crippen MR) is 117 cm³/mol. The average molecular weight is 389 g/mol. The lowest BCUT2D eigenvalue weighted by Gasteiger charge is -2.28. The number of para-hydroxylation sites is 1. The van der Waals surface area contributed by atoms with E-state index in [0.717, 1.165) is 36.8 Å². The van der Waals surface area contributed by atoms with Crippen molar-refractivity contribution in [3.63, 3.8) is 0 Å². The van der Waals surface area contributed by atoms with Crippen molar-refractivity contribution in [2.24, 2.45) is 0 Å². The van der Waals surface area contributed by atoms with Crippen molar-refractivity contribution in [3.8, 4) is 17.2 Å². The van der Waals surface area contributed by atoms with Gasteiger partial charge in [-0.3, -0.25) is 0 Å². The zero-order chi connectivity index (χ0) is 20.1. The fourth-order valence-corrected chi connectivity index (χ4v) is 3.63. The third-order valence-corrected chi connectivity index (χ3v) is 5.17. The molecule has 4 heteroatoms. The molecular weight excluding hydrogens is 360 g/mol. The summed E-state index contributed by atoms with van der Waals surface area (Å²) in [5.74, 6) is 2.65. The van der Waals surface area contributed by atoms with E-state index >= 15 is 0 Å². The summed E-state index contributed by atoms with van der Waals surface area (Å²) in [6.07, 6.45) is 1.02. The third-order valence-electron chi connectivity index (χ3n) is 5.17. The Hall–Kier alpha value is -2.82. The van der Waals surface area contributed by atoms with Crippen LogP contribution in [0.25, 0.3) is 0 Å². The Kier molecular flexibility index (Phi) is 6.13. The molecule has 0 aliphatic carbocycles. The average Bonchev–Trinajstić information content (AvgIpc) is 2.74. The van der Waals surface area contributed by atoms with Crippen LogP contribution in [-0.2, 0) is 6.42 Å². The summed E-state index contributed by atoms with van der Waals surface area (Å²) in [6.45, 7) is 2.58. The number of hydrogen-bond donors (Lipinski definition) is 1. The van der Waals surface area contributed by atoms with Crippen LogP contribution in [-0.4, -0.2) is 38.7 Å². The summed E-state index contributed by atoms with van der Waals surface area (Å²) in [6, 6.07) is 24.9. The summed E-state index contributed by atoms with van der Waals surface area (Å²) < 4.78 is 11.8. The van der Waals surface area contributed by atoms with Crippen molar-refractivity contribution < 1.29 is 9.47 Å². The Labute approximate surface area is 173 Å². The zero-order valence-corrected chi connectivity index (χ0v) is 17.1. The minimum absolute atomic E-state index is 0.195. The van der Waals surface area contributed by atoms with Crippen molar-refractivity contribution in [3.05, 3.63) is 89.5 Å². The molecule has 0 amide bonds. The third kappa shape index (κ3) is 4.97. The fraction of sp³-hybridized carbons (Fsp3) is 0.280. The maximum Gasteiger partial charge on any atom is 0.127 e. The van der Waals surface area contributed by atoms with Crippen molar-refractivity contribution in [2.75, 3.05) is 33.8 Å². The van der Waals surface area contributed by atoms with Crippen LogP contribution in [0.15, 0.2) is 72.8 Å². The molecule has 3 aromatic rings. The van der Waals surface area contributed by atoms with Gasteiger partial charge >= 0.3 is 0 Å². The van der Waals surface area contributed by atoms with Gasteiger partial charge in [0.15, 0.2) is 0 Å². The summed E-state index contributed by atoms with van der Waals surface area (Å²) in [4.78, 5) is 2.13. The summed E-state index contributed by atoms with van der Waals surface area (Å²) in [5.41, 5.74) is 3.93. The second-order valence-electron chi connectivity index (χ2n) is 7.63. The molecule has 1 N–H and O–H groups in total. The Balaban J connectivity index is 1.47. The number of nitrogens with zero attached hydrogens (tertiary/aromatic N) is 1. The van der Waals surface area contributed by atoms with Crippen LogP contribution in [0, 0.1) is 0 Å². The van der Waals surface area contributed by atoms with Crippen molar-refractivity contribution in [1.29, 1.82) is 0 Å². The number of nitrogens with one attached hydrogen (secondary N) is 1. The van der Waals surface area contributed by atoms with E-state index in [9.17, 15) is 0 Å². The molecule has 1 aliphatic heterocycles. The van der Waals surface area contributed by atoms with Crippen LogP contribution in [0.3, 0.4) is 0 Å². The van der Waals surface area contributed by atoms with E-state index in [1.165, 1.54) is 16.7 Å². The molecule has 0 bridgehead atoms. The SMILES string of the molecule is CN(C)CCOc1ccc2c(c1)CCNC2c1ccc(Oc2ccccc2)cc1. The van der Waals surface area contributed by atoms with Gasteiger partial charge in [0.2, 0.25) is 0 Å². The first-order valence-electron chi connectivity index (χ1n) is 10.2. The predicted octanol–water partition coefficient (Wildman–Crippen LogP) is 4.65. The monoisotopic (exact) mass is 388 g/mol. The van der Waals surface area contributed by atoms with Crippen LogP contribution in [0.4, 0.5) is 0 Å². The van der Waals surface area contributed by atoms with Crippen LogP contribution in [0.1, 0.15) is 22.7 Å². The van der Waals surface area contributed by atoms with E-state index < -0.39 is 0 Å². The molecule has 1 heterocycles. The Bertz CT molecular complexity index is 923. The molecule has 4 nitrogen and oxygen atoms in total. The number of rotatable bonds is 7. The fourth-order valence-electron chi connectivity index (χ4n) is 3.63. The first-order valence-corrected chi connectivity index (χ1v) is 10.2. The maximum atomic E-state index is 5.92. The Morgan fingerprint density at radius 3 is 2.38 bits per heavy atom. The highest BCUT2D eigenvalue weighted by Crippen LogP contribution is 2.32. The summed E-state index contributed by atoms with van der Waals surface area (Å²) in [7, 11) is 4.12. The lowest BCUT2D eigenvalue weighted by atomic mass is 9.90. The molecule has 4 rings (SSSR count). The van der Waals surface area contributed by atoms with Crippen molar-refractivity contribution >= 4 is 0 Å². The van der Waals surface area contributed by atoms with E-state index in [-0.39, 0.29) is 6.04 Å². The maximum absolute atomic E-state index is 5.92. The van der Waals surface area contributed by atoms with E-state index in [4.69, 9.17) is 9.47 Å². The lowest BCUT2D eigenvalue weighted by Crippen LogP contribution is -2.30. The number of likely N-dealkylation sites (N-methyl/N-ethyl adjacent to an activating group) is 1. The summed E-state index contributed by atoms with van der Waals surface area (Å²) in [5, 5.41) is 3.65. The second-order valence-corrected chi connectivity index (χ2v) is 7.63. The zero-order valence-electron chi connectivity index (χ0n) is 17.1. The molecule has 1 atom stereocenters. The van der Waals surface area contributed by atoms with Gasteiger partial charge in [0.1, 0.15) is 23.9 Å². The first-order chi connectivity index (χ1) is 14.2. The minimum atomic E-state index is 0.195. The van der Waals surface area contributed by atoms with Gasteiger partial charge in [-0.2, -0.15) is 0 Å². The normalized spacial score (nSPS) is 15.8. The summed E-state index contributed by atoms with van der Waals surface area (Å²) >= 11 is 0. The minimum Gasteiger partial charge on any atom is -0.492 e. The van der Waals surface area contributed by atoms with E-state index in [1.807, 2.05) is 42.5 Å². The van der Waals surface area contributed by atoms with Crippen LogP contribution in [0.5, 0.6) is 17.2 Å². The second kappa shape index (κ2) is 9.12. The number of fused-ring (bicyclic) bond motifs is 1. The Morgan fingerprint density at radius 2 is 1.62 bits per heavy atom. The molecule has 0 saturated carbocycles. The van der Waals surface area contributed by atoms with Crippen molar-refractivity contribution in [2.45, 2.75) is 12.5 Å². The van der Waals surface area contributed by atoms with Crippen LogP contribution in [0.2, 0.25) is 0 Å². The molecular formula is C25H28N2O2. The van der Waals surface area contributed by atoms with Gasteiger partial charge in [0.25, 0.3) is 0 Å². The number of hydrogen-bond acceptors (Lipinski definition) is 4. The highest BCUT2D eigenvalue weighted by atomic mass is 16.5. The van der Waals surface area contributed by atoms with Gasteiger partial charge in [0.05, 0.1) is 6.04 Å².